The highest BCUT2D eigenvalue weighted by molar-refractivity contribution is 7.90. The summed E-state index contributed by atoms with van der Waals surface area (Å²) in [5, 5.41) is 18.1. The van der Waals surface area contributed by atoms with Gasteiger partial charge in [0, 0.05) is 6.04 Å². The smallest absolute Gasteiger partial charge is 0.339 e. The predicted molar refractivity (Wildman–Crippen MR) is 63.8 cm³/mol. The second-order valence-corrected chi connectivity index (χ2v) is 5.48. The summed E-state index contributed by atoms with van der Waals surface area (Å²) in [6.07, 6.45) is 1.60. The second kappa shape index (κ2) is 4.46. The molecule has 0 heterocycles. The van der Waals surface area contributed by atoms with Gasteiger partial charge in [-0.1, -0.05) is 0 Å². The minimum Gasteiger partial charge on any atom is -0.507 e. The molecule has 0 atom stereocenters. The highest BCUT2D eigenvalue weighted by Gasteiger charge is 2.27. The van der Waals surface area contributed by atoms with Gasteiger partial charge in [0.2, 0.25) is 0 Å². The number of benzene rings is 1. The fraction of sp³-hybridized carbons (Fsp3) is 0.300. The van der Waals surface area contributed by atoms with Crippen molar-refractivity contribution in [2.24, 2.45) is 0 Å². The summed E-state index contributed by atoms with van der Waals surface area (Å²) in [7, 11) is -3.70. The lowest BCUT2D eigenvalue weighted by atomic mass is 10.2. The zero-order valence-electron chi connectivity index (χ0n) is 9.25. The van der Waals surface area contributed by atoms with Gasteiger partial charge in [-0.25, -0.2) is 4.79 Å². The molecule has 0 radical (unpaired) electrons. The summed E-state index contributed by atoms with van der Waals surface area (Å²) in [6.45, 7) is 0. The van der Waals surface area contributed by atoms with E-state index < -0.39 is 21.9 Å². The molecular formula is C10H12N2O5S. The number of carboxylic acids is 1. The van der Waals surface area contributed by atoms with Gasteiger partial charge in [-0.05, 0) is 31.0 Å². The SMILES string of the molecule is O=C(O)c1cc(NS(=O)(=O)NC2CC2)ccc1O. The summed E-state index contributed by atoms with van der Waals surface area (Å²) in [6, 6.07) is 3.43. The van der Waals surface area contributed by atoms with Crippen LogP contribution < -0.4 is 9.44 Å². The van der Waals surface area contributed by atoms with Crippen molar-refractivity contribution in [3.05, 3.63) is 23.8 Å². The van der Waals surface area contributed by atoms with Gasteiger partial charge >= 0.3 is 5.97 Å². The number of aromatic hydroxyl groups is 1. The minimum absolute atomic E-state index is 0.0430. The summed E-state index contributed by atoms with van der Waals surface area (Å²) < 4.78 is 27.8. The Balaban J connectivity index is 2.18. The molecule has 0 amide bonds. The van der Waals surface area contributed by atoms with E-state index in [1.54, 1.807) is 0 Å². The standard InChI is InChI=1S/C10H12N2O5S/c13-9-4-3-7(5-8(9)10(14)15)12-18(16,17)11-6-1-2-6/h3-6,11-13H,1-2H2,(H,14,15). The van der Waals surface area contributed by atoms with Crippen molar-refractivity contribution in [2.45, 2.75) is 18.9 Å². The van der Waals surface area contributed by atoms with Gasteiger partial charge in [0.1, 0.15) is 11.3 Å². The summed E-state index contributed by atoms with van der Waals surface area (Å²) in [5.41, 5.74) is -0.278. The summed E-state index contributed by atoms with van der Waals surface area (Å²) in [4.78, 5) is 10.8. The second-order valence-electron chi connectivity index (χ2n) is 4.03. The van der Waals surface area contributed by atoms with Gasteiger partial charge in [0.05, 0.1) is 5.69 Å². The van der Waals surface area contributed by atoms with E-state index in [9.17, 15) is 18.3 Å². The first-order chi connectivity index (χ1) is 8.37. The van der Waals surface area contributed by atoms with Crippen LogP contribution in [-0.4, -0.2) is 30.6 Å². The lowest BCUT2D eigenvalue weighted by Gasteiger charge is -2.09. The monoisotopic (exact) mass is 272 g/mol. The van der Waals surface area contributed by atoms with Crippen LogP contribution in [0.1, 0.15) is 23.2 Å². The molecule has 1 aliphatic rings. The number of phenols is 1. The van der Waals surface area contributed by atoms with Crippen molar-refractivity contribution >= 4 is 21.9 Å². The average Bonchev–Trinajstić information content (AvgIpc) is 3.03. The number of aromatic carboxylic acids is 1. The predicted octanol–water partition coefficient (Wildman–Crippen LogP) is 0.499. The van der Waals surface area contributed by atoms with E-state index in [1.807, 2.05) is 0 Å². The maximum Gasteiger partial charge on any atom is 0.339 e. The third kappa shape index (κ3) is 3.11. The average molecular weight is 272 g/mol. The molecule has 0 unspecified atom stereocenters. The molecule has 1 aliphatic carbocycles. The van der Waals surface area contributed by atoms with Crippen molar-refractivity contribution in [3.63, 3.8) is 0 Å². The molecule has 1 aromatic carbocycles. The van der Waals surface area contributed by atoms with Crippen LogP contribution in [0.4, 0.5) is 5.69 Å². The van der Waals surface area contributed by atoms with Gasteiger partial charge in [-0.15, -0.1) is 0 Å². The van der Waals surface area contributed by atoms with Crippen molar-refractivity contribution in [2.75, 3.05) is 4.72 Å². The molecule has 7 nitrogen and oxygen atoms in total. The fourth-order valence-corrected chi connectivity index (χ4v) is 2.55. The van der Waals surface area contributed by atoms with E-state index in [-0.39, 0.29) is 17.3 Å². The molecule has 8 heteroatoms. The topological polar surface area (TPSA) is 116 Å². The highest BCUT2D eigenvalue weighted by Crippen LogP contribution is 2.23. The molecule has 0 aliphatic heterocycles. The largest absolute Gasteiger partial charge is 0.507 e. The van der Waals surface area contributed by atoms with Crippen LogP contribution >= 0.6 is 0 Å². The first kappa shape index (κ1) is 12.7. The Morgan fingerprint density at radius 1 is 1.33 bits per heavy atom. The number of hydrogen-bond acceptors (Lipinski definition) is 4. The van der Waals surface area contributed by atoms with Gasteiger partial charge < -0.3 is 10.2 Å². The quantitative estimate of drug-likeness (QED) is 0.582. The molecule has 98 valence electrons. The molecule has 1 fully saturated rings. The maximum absolute atomic E-state index is 11.6. The lowest BCUT2D eigenvalue weighted by molar-refractivity contribution is 0.0694. The van der Waals surface area contributed by atoms with Crippen LogP contribution in [0.5, 0.6) is 5.75 Å². The summed E-state index contributed by atoms with van der Waals surface area (Å²) in [5.74, 6) is -1.75. The highest BCUT2D eigenvalue weighted by atomic mass is 32.2. The maximum atomic E-state index is 11.6. The van der Waals surface area contributed by atoms with E-state index in [1.165, 1.54) is 6.07 Å². The van der Waals surface area contributed by atoms with E-state index in [2.05, 4.69) is 9.44 Å². The zero-order chi connectivity index (χ0) is 13.3. The van der Waals surface area contributed by atoms with Crippen LogP contribution in [0.2, 0.25) is 0 Å². The van der Waals surface area contributed by atoms with Crippen molar-refractivity contribution < 1.29 is 23.4 Å². The Hall–Kier alpha value is -1.80. The number of carbonyl (C=O) groups is 1. The Bertz CT molecular complexity index is 580. The van der Waals surface area contributed by atoms with Gasteiger partial charge in [-0.3, -0.25) is 4.72 Å². The van der Waals surface area contributed by atoms with Gasteiger partial charge in [0.25, 0.3) is 10.2 Å². The van der Waals surface area contributed by atoms with E-state index >= 15 is 0 Å². The number of anilines is 1. The third-order valence-electron chi connectivity index (χ3n) is 2.38. The first-order valence-electron chi connectivity index (χ1n) is 5.24. The van der Waals surface area contributed by atoms with Crippen molar-refractivity contribution in [3.8, 4) is 5.75 Å². The first-order valence-corrected chi connectivity index (χ1v) is 6.72. The lowest BCUT2D eigenvalue weighted by Crippen LogP contribution is -2.31. The van der Waals surface area contributed by atoms with Crippen molar-refractivity contribution in [1.29, 1.82) is 0 Å². The Morgan fingerprint density at radius 2 is 2.00 bits per heavy atom. The Morgan fingerprint density at radius 3 is 2.56 bits per heavy atom. The molecule has 0 saturated heterocycles. The van der Waals surface area contributed by atoms with Crippen molar-refractivity contribution in [1.82, 2.24) is 4.72 Å². The van der Waals surface area contributed by atoms with E-state index in [4.69, 9.17) is 5.11 Å². The molecule has 0 spiro atoms. The van der Waals surface area contributed by atoms with Crippen LogP contribution in [0.15, 0.2) is 18.2 Å². The fourth-order valence-electron chi connectivity index (χ4n) is 1.38. The summed E-state index contributed by atoms with van der Waals surface area (Å²) >= 11 is 0. The number of carboxylic acid groups (broad SMARTS) is 1. The van der Waals surface area contributed by atoms with Crippen LogP contribution in [0.3, 0.4) is 0 Å². The minimum atomic E-state index is -3.70. The number of rotatable bonds is 5. The van der Waals surface area contributed by atoms with Crippen LogP contribution in [0.25, 0.3) is 0 Å². The molecular weight excluding hydrogens is 260 g/mol. The third-order valence-corrected chi connectivity index (χ3v) is 3.53. The number of hydrogen-bond donors (Lipinski definition) is 4. The normalized spacial score (nSPS) is 15.3. The van der Waals surface area contributed by atoms with E-state index in [0.29, 0.717) is 0 Å². The molecule has 1 aromatic rings. The molecule has 1 saturated carbocycles. The van der Waals surface area contributed by atoms with E-state index in [0.717, 1.165) is 25.0 Å². The zero-order valence-corrected chi connectivity index (χ0v) is 10.1. The van der Waals surface area contributed by atoms with Gasteiger partial charge in [0.15, 0.2) is 0 Å². The number of nitrogens with one attached hydrogen (secondary N) is 2. The molecule has 2 rings (SSSR count). The van der Waals surface area contributed by atoms with Crippen LogP contribution in [0, 0.1) is 0 Å². The molecule has 4 N–H and O–H groups in total. The Labute approximate surface area is 104 Å². The Kier molecular flexibility index (Phi) is 3.14. The molecule has 18 heavy (non-hydrogen) atoms. The van der Waals surface area contributed by atoms with Crippen LogP contribution in [-0.2, 0) is 10.2 Å². The van der Waals surface area contributed by atoms with Gasteiger partial charge in [-0.2, -0.15) is 13.1 Å². The molecule has 0 aromatic heterocycles. The molecule has 0 bridgehead atoms.